The Morgan fingerprint density at radius 3 is 2.59 bits per heavy atom. The van der Waals surface area contributed by atoms with Crippen molar-refractivity contribution in [2.24, 2.45) is 5.41 Å². The molecule has 6 heteroatoms. The lowest BCUT2D eigenvalue weighted by Crippen LogP contribution is -2.51. The van der Waals surface area contributed by atoms with E-state index in [1.54, 1.807) is 0 Å². The first kappa shape index (κ1) is 20.1. The fourth-order valence-corrected chi connectivity index (χ4v) is 4.83. The Kier molecular flexibility index (Phi) is 5.99. The van der Waals surface area contributed by atoms with Gasteiger partial charge in [0.2, 0.25) is 5.91 Å². The maximum absolute atomic E-state index is 12.5. The molecule has 29 heavy (non-hydrogen) atoms. The summed E-state index contributed by atoms with van der Waals surface area (Å²) in [5.41, 5.74) is 4.06. The summed E-state index contributed by atoms with van der Waals surface area (Å²) in [5.74, 6) is 0.328. The lowest BCUT2D eigenvalue weighted by molar-refractivity contribution is -0.139. The molecule has 0 bridgehead atoms. The lowest BCUT2D eigenvalue weighted by atomic mass is 9.72. The Morgan fingerprint density at radius 1 is 1.14 bits per heavy atom. The van der Waals surface area contributed by atoms with Gasteiger partial charge in [0.05, 0.1) is 5.69 Å². The van der Waals surface area contributed by atoms with Gasteiger partial charge in [0, 0.05) is 56.8 Å². The summed E-state index contributed by atoms with van der Waals surface area (Å²) in [4.78, 5) is 21.3. The standard InChI is InChI=1S/C23H33N5O/c1-3-28-17-21(19(2)25-28)16-26-14-9-23(10-15-26)8-4-22(29)27(18-23)13-7-20-5-11-24-12-6-20/h5-6,11-12,17H,3-4,7-10,13-16,18H2,1-2H3. The van der Waals surface area contributed by atoms with E-state index in [9.17, 15) is 4.79 Å². The minimum atomic E-state index is 0.311. The van der Waals surface area contributed by atoms with Crippen LogP contribution in [0, 0.1) is 12.3 Å². The smallest absolute Gasteiger partial charge is 0.222 e. The minimum absolute atomic E-state index is 0.311. The highest BCUT2D eigenvalue weighted by molar-refractivity contribution is 5.77. The molecule has 1 spiro atoms. The predicted molar refractivity (Wildman–Crippen MR) is 113 cm³/mol. The summed E-state index contributed by atoms with van der Waals surface area (Å²) in [5, 5.41) is 4.58. The second-order valence-electron chi connectivity index (χ2n) is 8.79. The third-order valence-corrected chi connectivity index (χ3v) is 6.85. The van der Waals surface area contributed by atoms with Gasteiger partial charge in [-0.3, -0.25) is 19.4 Å². The van der Waals surface area contributed by atoms with Crippen LogP contribution in [-0.2, 0) is 24.3 Å². The summed E-state index contributed by atoms with van der Waals surface area (Å²) >= 11 is 0. The van der Waals surface area contributed by atoms with Crippen molar-refractivity contribution in [3.63, 3.8) is 0 Å². The number of likely N-dealkylation sites (tertiary alicyclic amines) is 2. The first-order chi connectivity index (χ1) is 14.1. The number of aryl methyl sites for hydroxylation is 2. The average Bonchev–Trinajstić information content (AvgIpc) is 3.11. The molecule has 0 atom stereocenters. The summed E-state index contributed by atoms with van der Waals surface area (Å²) in [7, 11) is 0. The van der Waals surface area contributed by atoms with Crippen molar-refractivity contribution in [3.05, 3.63) is 47.5 Å². The van der Waals surface area contributed by atoms with Crippen LogP contribution < -0.4 is 0 Å². The normalized spacial score (nSPS) is 19.8. The van der Waals surface area contributed by atoms with E-state index in [2.05, 4.69) is 39.9 Å². The highest BCUT2D eigenvalue weighted by atomic mass is 16.2. The van der Waals surface area contributed by atoms with Gasteiger partial charge in [-0.15, -0.1) is 0 Å². The molecule has 4 rings (SSSR count). The summed E-state index contributed by atoms with van der Waals surface area (Å²) in [6, 6.07) is 4.09. The SMILES string of the molecule is CCn1cc(CN2CCC3(CCC(=O)N(CCc4ccncc4)C3)CC2)c(C)n1. The molecule has 156 valence electrons. The van der Waals surface area contributed by atoms with E-state index in [0.29, 0.717) is 17.7 Å². The van der Waals surface area contributed by atoms with E-state index in [0.717, 1.165) is 57.8 Å². The molecule has 2 aliphatic rings. The first-order valence-electron chi connectivity index (χ1n) is 11.0. The Labute approximate surface area is 173 Å². The number of amides is 1. The third kappa shape index (κ3) is 4.69. The van der Waals surface area contributed by atoms with Crippen molar-refractivity contribution in [1.29, 1.82) is 0 Å². The van der Waals surface area contributed by atoms with Gasteiger partial charge in [0.15, 0.2) is 0 Å². The van der Waals surface area contributed by atoms with Crippen molar-refractivity contribution in [2.45, 2.75) is 59.0 Å². The molecule has 2 aromatic heterocycles. The molecule has 0 radical (unpaired) electrons. The molecule has 4 heterocycles. The monoisotopic (exact) mass is 395 g/mol. The van der Waals surface area contributed by atoms with E-state index in [4.69, 9.17) is 0 Å². The number of nitrogens with zero attached hydrogens (tertiary/aromatic N) is 5. The molecule has 0 aromatic carbocycles. The van der Waals surface area contributed by atoms with E-state index in [-0.39, 0.29) is 0 Å². The number of carbonyl (C=O) groups is 1. The number of rotatable bonds is 6. The van der Waals surface area contributed by atoms with Gasteiger partial charge < -0.3 is 4.90 Å². The fraction of sp³-hybridized carbons (Fsp3) is 0.609. The zero-order valence-electron chi connectivity index (χ0n) is 17.8. The quantitative estimate of drug-likeness (QED) is 0.754. The maximum Gasteiger partial charge on any atom is 0.222 e. The van der Waals surface area contributed by atoms with Gasteiger partial charge in [-0.1, -0.05) is 0 Å². The van der Waals surface area contributed by atoms with Crippen LogP contribution in [0.4, 0.5) is 0 Å². The van der Waals surface area contributed by atoms with Crippen molar-refractivity contribution in [1.82, 2.24) is 24.6 Å². The fourth-order valence-electron chi connectivity index (χ4n) is 4.83. The van der Waals surface area contributed by atoms with Gasteiger partial charge in [-0.2, -0.15) is 5.10 Å². The Morgan fingerprint density at radius 2 is 1.90 bits per heavy atom. The van der Waals surface area contributed by atoms with Gasteiger partial charge in [-0.25, -0.2) is 0 Å². The average molecular weight is 396 g/mol. The molecular formula is C23H33N5O. The van der Waals surface area contributed by atoms with Crippen LogP contribution >= 0.6 is 0 Å². The zero-order valence-corrected chi connectivity index (χ0v) is 17.8. The van der Waals surface area contributed by atoms with Gasteiger partial charge in [0.1, 0.15) is 0 Å². The number of hydrogen-bond donors (Lipinski definition) is 0. The highest BCUT2D eigenvalue weighted by Gasteiger charge is 2.40. The first-order valence-corrected chi connectivity index (χ1v) is 11.0. The predicted octanol–water partition coefficient (Wildman–Crippen LogP) is 3.05. The summed E-state index contributed by atoms with van der Waals surface area (Å²) in [6.45, 7) is 10.1. The number of hydrogen-bond acceptors (Lipinski definition) is 4. The van der Waals surface area contributed by atoms with Gasteiger partial charge in [0.25, 0.3) is 0 Å². The van der Waals surface area contributed by atoms with Crippen molar-refractivity contribution < 1.29 is 4.79 Å². The maximum atomic E-state index is 12.5. The molecule has 0 aliphatic carbocycles. The molecule has 6 nitrogen and oxygen atoms in total. The molecule has 2 saturated heterocycles. The second-order valence-corrected chi connectivity index (χ2v) is 8.79. The highest BCUT2D eigenvalue weighted by Crippen LogP contribution is 2.40. The van der Waals surface area contributed by atoms with Gasteiger partial charge in [-0.05, 0) is 75.7 Å². The second kappa shape index (κ2) is 8.66. The molecule has 0 N–H and O–H groups in total. The van der Waals surface area contributed by atoms with Crippen LogP contribution in [0.1, 0.15) is 49.4 Å². The van der Waals surface area contributed by atoms with Crippen LogP contribution in [0.2, 0.25) is 0 Å². The van der Waals surface area contributed by atoms with Crippen LogP contribution in [0.3, 0.4) is 0 Å². The number of carbonyl (C=O) groups excluding carboxylic acids is 1. The van der Waals surface area contributed by atoms with E-state index >= 15 is 0 Å². The molecule has 0 unspecified atom stereocenters. The Balaban J connectivity index is 1.32. The third-order valence-electron chi connectivity index (χ3n) is 6.85. The topological polar surface area (TPSA) is 54.3 Å². The zero-order chi connectivity index (χ0) is 20.3. The summed E-state index contributed by atoms with van der Waals surface area (Å²) < 4.78 is 2.03. The number of piperidine rings is 2. The van der Waals surface area contributed by atoms with E-state index in [1.165, 1.54) is 24.0 Å². The Hall–Kier alpha value is -2.21. The van der Waals surface area contributed by atoms with Crippen LogP contribution in [0.15, 0.2) is 30.7 Å². The lowest BCUT2D eigenvalue weighted by Gasteiger charge is -2.47. The molecule has 1 amide bonds. The van der Waals surface area contributed by atoms with Crippen LogP contribution in [0.5, 0.6) is 0 Å². The largest absolute Gasteiger partial charge is 0.342 e. The molecular weight excluding hydrogens is 362 g/mol. The van der Waals surface area contributed by atoms with Gasteiger partial charge >= 0.3 is 0 Å². The summed E-state index contributed by atoms with van der Waals surface area (Å²) in [6.07, 6.45) is 10.9. The minimum Gasteiger partial charge on any atom is -0.342 e. The number of pyridine rings is 1. The van der Waals surface area contributed by atoms with Crippen molar-refractivity contribution in [2.75, 3.05) is 26.2 Å². The Bertz CT molecular complexity index is 823. The van der Waals surface area contributed by atoms with E-state index < -0.39 is 0 Å². The van der Waals surface area contributed by atoms with Crippen LogP contribution in [-0.4, -0.2) is 56.7 Å². The molecule has 2 aliphatic heterocycles. The van der Waals surface area contributed by atoms with Crippen molar-refractivity contribution >= 4 is 5.91 Å². The van der Waals surface area contributed by atoms with Crippen molar-refractivity contribution in [3.8, 4) is 0 Å². The van der Waals surface area contributed by atoms with Crippen LogP contribution in [0.25, 0.3) is 0 Å². The molecule has 2 aromatic rings. The molecule has 0 saturated carbocycles. The van der Waals surface area contributed by atoms with E-state index in [1.807, 2.05) is 29.2 Å². The molecule has 2 fully saturated rings. The number of aromatic nitrogens is 3.